The van der Waals surface area contributed by atoms with Crippen molar-refractivity contribution < 1.29 is 23.0 Å². The van der Waals surface area contributed by atoms with E-state index in [1.165, 1.54) is 6.92 Å². The third kappa shape index (κ3) is 2.73. The zero-order valence-electron chi connectivity index (χ0n) is 7.66. The van der Waals surface area contributed by atoms with Crippen LogP contribution in [0, 0.1) is 12.7 Å². The fourth-order valence-electron chi connectivity index (χ4n) is 1.13. The van der Waals surface area contributed by atoms with E-state index in [9.17, 15) is 12.8 Å². The Morgan fingerprint density at radius 1 is 1.40 bits per heavy atom. The van der Waals surface area contributed by atoms with Gasteiger partial charge in [0.25, 0.3) is 0 Å². The van der Waals surface area contributed by atoms with Gasteiger partial charge in [-0.25, -0.2) is 12.8 Å². The first kappa shape index (κ1) is 12.1. The molecule has 0 unspecified atom stereocenters. The SMILES string of the molecule is Cc1cc(CS(=O)(=O)Cl)c(F)c(O)c1O. The summed E-state index contributed by atoms with van der Waals surface area (Å²) in [6.07, 6.45) is 0. The van der Waals surface area contributed by atoms with E-state index in [0.29, 0.717) is 0 Å². The van der Waals surface area contributed by atoms with Crippen LogP contribution in [-0.4, -0.2) is 18.6 Å². The topological polar surface area (TPSA) is 74.6 Å². The van der Waals surface area contributed by atoms with E-state index in [4.69, 9.17) is 20.9 Å². The van der Waals surface area contributed by atoms with Crippen LogP contribution in [-0.2, 0) is 14.8 Å². The van der Waals surface area contributed by atoms with E-state index in [1.54, 1.807) is 0 Å². The number of halogens is 2. The van der Waals surface area contributed by atoms with Crippen molar-refractivity contribution in [3.63, 3.8) is 0 Å². The minimum atomic E-state index is -3.91. The lowest BCUT2D eigenvalue weighted by molar-refractivity contribution is 0.375. The molecule has 0 atom stereocenters. The van der Waals surface area contributed by atoms with E-state index in [1.807, 2.05) is 0 Å². The summed E-state index contributed by atoms with van der Waals surface area (Å²) in [4.78, 5) is 0. The summed E-state index contributed by atoms with van der Waals surface area (Å²) in [5, 5.41) is 18.2. The second kappa shape index (κ2) is 3.86. The van der Waals surface area contributed by atoms with Crippen molar-refractivity contribution in [2.45, 2.75) is 12.7 Å². The zero-order chi connectivity index (χ0) is 11.8. The second-order valence-corrected chi connectivity index (χ2v) is 5.82. The Labute approximate surface area is 90.3 Å². The number of phenols is 2. The smallest absolute Gasteiger partial charge is 0.236 e. The molecule has 0 aliphatic heterocycles. The number of benzene rings is 1. The summed E-state index contributed by atoms with van der Waals surface area (Å²) in [5.74, 6) is -3.49. The van der Waals surface area contributed by atoms with Gasteiger partial charge in [-0.15, -0.1) is 0 Å². The Bertz CT molecular complexity index is 498. The molecule has 4 nitrogen and oxygen atoms in total. The number of rotatable bonds is 2. The third-order valence-electron chi connectivity index (χ3n) is 1.81. The minimum Gasteiger partial charge on any atom is -0.504 e. The van der Waals surface area contributed by atoms with Crippen LogP contribution in [0.25, 0.3) is 0 Å². The lowest BCUT2D eigenvalue weighted by Crippen LogP contribution is -1.99. The summed E-state index contributed by atoms with van der Waals surface area (Å²) in [7, 11) is 1.04. The van der Waals surface area contributed by atoms with Crippen molar-refractivity contribution in [3.05, 3.63) is 23.0 Å². The van der Waals surface area contributed by atoms with Crippen LogP contribution in [0.4, 0.5) is 4.39 Å². The van der Waals surface area contributed by atoms with Crippen molar-refractivity contribution in [1.29, 1.82) is 0 Å². The molecule has 0 heterocycles. The van der Waals surface area contributed by atoms with Crippen molar-refractivity contribution >= 4 is 19.7 Å². The average Bonchev–Trinajstić information content (AvgIpc) is 2.08. The molecular weight excluding hydrogens is 247 g/mol. The Morgan fingerprint density at radius 3 is 2.40 bits per heavy atom. The van der Waals surface area contributed by atoms with E-state index >= 15 is 0 Å². The normalized spacial score (nSPS) is 11.7. The van der Waals surface area contributed by atoms with Crippen LogP contribution in [0.2, 0.25) is 0 Å². The maximum Gasteiger partial charge on any atom is 0.236 e. The van der Waals surface area contributed by atoms with Gasteiger partial charge >= 0.3 is 0 Å². The molecule has 0 saturated carbocycles. The molecule has 15 heavy (non-hydrogen) atoms. The fraction of sp³-hybridized carbons (Fsp3) is 0.250. The molecule has 1 aromatic carbocycles. The number of aromatic hydroxyl groups is 2. The maximum atomic E-state index is 13.2. The van der Waals surface area contributed by atoms with Crippen molar-refractivity contribution in [2.24, 2.45) is 0 Å². The van der Waals surface area contributed by atoms with Crippen LogP contribution in [0.1, 0.15) is 11.1 Å². The molecule has 1 aromatic rings. The van der Waals surface area contributed by atoms with E-state index in [2.05, 4.69) is 0 Å². The first-order valence-corrected chi connectivity index (χ1v) is 6.32. The summed E-state index contributed by atoms with van der Waals surface area (Å²) in [6, 6.07) is 1.12. The first-order chi connectivity index (χ1) is 6.72. The van der Waals surface area contributed by atoms with Crippen molar-refractivity contribution in [2.75, 3.05) is 0 Å². The molecule has 0 bridgehead atoms. The van der Waals surface area contributed by atoms with Gasteiger partial charge in [-0.05, 0) is 18.6 Å². The Morgan fingerprint density at radius 2 is 1.93 bits per heavy atom. The molecule has 7 heteroatoms. The maximum absolute atomic E-state index is 13.2. The highest BCUT2D eigenvalue weighted by Crippen LogP contribution is 2.34. The van der Waals surface area contributed by atoms with Gasteiger partial charge in [0.1, 0.15) is 0 Å². The predicted molar refractivity (Wildman–Crippen MR) is 52.9 cm³/mol. The third-order valence-corrected chi connectivity index (χ3v) is 2.79. The summed E-state index contributed by atoms with van der Waals surface area (Å²) in [5.41, 5.74) is -0.109. The molecule has 84 valence electrons. The monoisotopic (exact) mass is 254 g/mol. The Hall–Kier alpha value is -1.01. The lowest BCUT2D eigenvalue weighted by Gasteiger charge is -2.07. The number of phenolic OH excluding ortho intramolecular Hbond substituents is 2. The van der Waals surface area contributed by atoms with Crippen molar-refractivity contribution in [3.8, 4) is 11.5 Å². The van der Waals surface area contributed by atoms with Crippen LogP contribution in [0.3, 0.4) is 0 Å². The van der Waals surface area contributed by atoms with E-state index in [0.717, 1.165) is 6.07 Å². The molecule has 1 rings (SSSR count). The molecule has 0 aromatic heterocycles. The quantitative estimate of drug-likeness (QED) is 0.621. The van der Waals surface area contributed by atoms with Crippen LogP contribution >= 0.6 is 10.7 Å². The standard InChI is InChI=1S/C8H8ClFO4S/c1-4-2-5(3-15(9,13)14)6(10)8(12)7(4)11/h2,11-12H,3H2,1H3. The molecule has 0 radical (unpaired) electrons. The number of hydrogen-bond donors (Lipinski definition) is 2. The number of hydrogen-bond acceptors (Lipinski definition) is 4. The van der Waals surface area contributed by atoms with Gasteiger partial charge in [0.15, 0.2) is 17.3 Å². The molecule has 0 aliphatic carbocycles. The molecular formula is C8H8ClFO4S. The lowest BCUT2D eigenvalue weighted by atomic mass is 10.1. The molecule has 2 N–H and O–H groups in total. The fourth-order valence-corrected chi connectivity index (χ4v) is 2.06. The molecule has 0 aliphatic rings. The van der Waals surface area contributed by atoms with Gasteiger partial charge in [0.2, 0.25) is 9.05 Å². The van der Waals surface area contributed by atoms with Gasteiger partial charge < -0.3 is 10.2 Å². The first-order valence-electron chi connectivity index (χ1n) is 3.84. The average molecular weight is 255 g/mol. The van der Waals surface area contributed by atoms with Gasteiger partial charge in [-0.3, -0.25) is 0 Å². The minimum absolute atomic E-state index is 0.171. The van der Waals surface area contributed by atoms with E-state index in [-0.39, 0.29) is 11.1 Å². The van der Waals surface area contributed by atoms with Gasteiger partial charge in [-0.1, -0.05) is 0 Å². The highest BCUT2D eigenvalue weighted by Gasteiger charge is 2.18. The van der Waals surface area contributed by atoms with Crippen LogP contribution in [0.5, 0.6) is 11.5 Å². The second-order valence-electron chi connectivity index (χ2n) is 3.05. The summed E-state index contributed by atoms with van der Waals surface area (Å²) in [6.45, 7) is 1.40. The van der Waals surface area contributed by atoms with Gasteiger partial charge in [0, 0.05) is 16.2 Å². The molecule has 0 spiro atoms. The molecule has 0 saturated heterocycles. The predicted octanol–water partition coefficient (Wildman–Crippen LogP) is 1.61. The summed E-state index contributed by atoms with van der Waals surface area (Å²) < 4.78 is 34.7. The van der Waals surface area contributed by atoms with Crippen molar-refractivity contribution in [1.82, 2.24) is 0 Å². The summed E-state index contributed by atoms with van der Waals surface area (Å²) >= 11 is 0. The Kier molecular flexibility index (Phi) is 3.11. The number of aryl methyl sites for hydroxylation is 1. The molecule has 0 amide bonds. The van der Waals surface area contributed by atoms with Gasteiger partial charge in [0.05, 0.1) is 5.75 Å². The highest BCUT2D eigenvalue weighted by atomic mass is 35.7. The largest absolute Gasteiger partial charge is 0.504 e. The Balaban J connectivity index is 3.33. The van der Waals surface area contributed by atoms with E-state index < -0.39 is 32.1 Å². The van der Waals surface area contributed by atoms with Gasteiger partial charge in [-0.2, -0.15) is 0 Å². The highest BCUT2D eigenvalue weighted by molar-refractivity contribution is 8.13. The van der Waals surface area contributed by atoms with Crippen LogP contribution in [0.15, 0.2) is 6.07 Å². The van der Waals surface area contributed by atoms with Crippen LogP contribution < -0.4 is 0 Å². The zero-order valence-corrected chi connectivity index (χ0v) is 9.23. The molecule has 0 fully saturated rings.